The molecule has 0 atom stereocenters. The van der Waals surface area contributed by atoms with Crippen LogP contribution in [0, 0.1) is 11.3 Å². The SMILES string of the molecule is CC(C)NC(=O)c1cccc(C(=O)NCc2ccc(-c3cccc(C#N)c3)cc2)n1. The fourth-order valence-electron chi connectivity index (χ4n) is 2.88. The lowest BCUT2D eigenvalue weighted by Gasteiger charge is -2.09. The number of aromatic nitrogens is 1. The van der Waals surface area contributed by atoms with Gasteiger partial charge in [-0.1, -0.05) is 42.5 Å². The zero-order valence-electron chi connectivity index (χ0n) is 16.8. The lowest BCUT2D eigenvalue weighted by atomic mass is 10.0. The Morgan fingerprint density at radius 2 is 1.60 bits per heavy atom. The number of carbonyl (C=O) groups is 2. The third kappa shape index (κ3) is 5.30. The molecule has 2 N–H and O–H groups in total. The van der Waals surface area contributed by atoms with Crippen LogP contribution in [0.1, 0.15) is 46.0 Å². The summed E-state index contributed by atoms with van der Waals surface area (Å²) >= 11 is 0. The van der Waals surface area contributed by atoms with Crippen molar-refractivity contribution in [2.75, 3.05) is 0 Å². The second-order valence-corrected chi connectivity index (χ2v) is 7.11. The van der Waals surface area contributed by atoms with Crippen LogP contribution in [0.4, 0.5) is 0 Å². The monoisotopic (exact) mass is 398 g/mol. The number of hydrogen-bond donors (Lipinski definition) is 2. The van der Waals surface area contributed by atoms with Crippen molar-refractivity contribution in [2.24, 2.45) is 0 Å². The van der Waals surface area contributed by atoms with E-state index < -0.39 is 0 Å². The minimum Gasteiger partial charge on any atom is -0.349 e. The van der Waals surface area contributed by atoms with Crippen molar-refractivity contribution in [3.05, 3.63) is 89.2 Å². The highest BCUT2D eigenvalue weighted by atomic mass is 16.2. The van der Waals surface area contributed by atoms with Gasteiger partial charge in [0.15, 0.2) is 0 Å². The zero-order valence-corrected chi connectivity index (χ0v) is 16.8. The lowest BCUT2D eigenvalue weighted by molar-refractivity contribution is 0.0936. The molecule has 3 aromatic rings. The van der Waals surface area contributed by atoms with Gasteiger partial charge in [0.2, 0.25) is 0 Å². The second-order valence-electron chi connectivity index (χ2n) is 7.11. The summed E-state index contributed by atoms with van der Waals surface area (Å²) in [6.07, 6.45) is 0. The molecule has 0 spiro atoms. The van der Waals surface area contributed by atoms with Gasteiger partial charge in [-0.25, -0.2) is 4.98 Å². The molecule has 2 aromatic carbocycles. The maximum Gasteiger partial charge on any atom is 0.270 e. The number of nitrogens with zero attached hydrogens (tertiary/aromatic N) is 2. The van der Waals surface area contributed by atoms with E-state index in [4.69, 9.17) is 5.26 Å². The van der Waals surface area contributed by atoms with E-state index in [2.05, 4.69) is 21.7 Å². The van der Waals surface area contributed by atoms with Gasteiger partial charge >= 0.3 is 0 Å². The molecule has 0 aliphatic heterocycles. The second kappa shape index (κ2) is 9.48. The molecule has 30 heavy (non-hydrogen) atoms. The molecule has 0 saturated carbocycles. The Morgan fingerprint density at radius 3 is 2.27 bits per heavy atom. The van der Waals surface area contributed by atoms with Crippen molar-refractivity contribution >= 4 is 11.8 Å². The number of carbonyl (C=O) groups excluding carboxylic acids is 2. The number of rotatable bonds is 6. The lowest BCUT2D eigenvalue weighted by Crippen LogP contribution is -2.31. The first-order chi connectivity index (χ1) is 14.5. The highest BCUT2D eigenvalue weighted by Crippen LogP contribution is 2.20. The van der Waals surface area contributed by atoms with Crippen LogP contribution in [-0.4, -0.2) is 22.8 Å². The van der Waals surface area contributed by atoms with Gasteiger partial charge in [-0.2, -0.15) is 5.26 Å². The van der Waals surface area contributed by atoms with E-state index >= 15 is 0 Å². The normalized spacial score (nSPS) is 10.3. The van der Waals surface area contributed by atoms with E-state index in [1.165, 1.54) is 0 Å². The molecule has 0 fully saturated rings. The van der Waals surface area contributed by atoms with Gasteiger partial charge in [-0.3, -0.25) is 9.59 Å². The third-order valence-corrected chi connectivity index (χ3v) is 4.37. The van der Waals surface area contributed by atoms with Crippen LogP contribution in [0.5, 0.6) is 0 Å². The Bertz CT molecular complexity index is 1100. The standard InChI is InChI=1S/C24H22N4O2/c1-16(2)27-24(30)22-8-4-7-21(28-22)23(29)26-15-17-9-11-19(12-10-17)20-6-3-5-18(13-20)14-25/h3-13,16H,15H2,1-2H3,(H,26,29)(H,27,30). The van der Waals surface area contributed by atoms with E-state index in [0.717, 1.165) is 16.7 Å². The molecule has 0 radical (unpaired) electrons. The number of nitriles is 1. The van der Waals surface area contributed by atoms with Crippen LogP contribution in [0.25, 0.3) is 11.1 Å². The van der Waals surface area contributed by atoms with Gasteiger partial charge in [0.05, 0.1) is 11.6 Å². The first kappa shape index (κ1) is 20.7. The predicted molar refractivity (Wildman–Crippen MR) is 115 cm³/mol. The van der Waals surface area contributed by atoms with E-state index in [0.29, 0.717) is 12.1 Å². The molecule has 150 valence electrons. The molecule has 3 rings (SSSR count). The Labute approximate surface area is 175 Å². The van der Waals surface area contributed by atoms with Crippen LogP contribution < -0.4 is 10.6 Å². The molecule has 0 bridgehead atoms. The number of benzene rings is 2. The molecule has 0 saturated heterocycles. The van der Waals surface area contributed by atoms with Crippen molar-refractivity contribution in [1.82, 2.24) is 15.6 Å². The highest BCUT2D eigenvalue weighted by Gasteiger charge is 2.13. The average Bonchev–Trinajstić information content (AvgIpc) is 2.77. The summed E-state index contributed by atoms with van der Waals surface area (Å²) in [5.74, 6) is -0.657. The summed E-state index contributed by atoms with van der Waals surface area (Å²) in [5, 5.41) is 14.6. The van der Waals surface area contributed by atoms with Crippen LogP contribution in [0.2, 0.25) is 0 Å². The summed E-state index contributed by atoms with van der Waals surface area (Å²) < 4.78 is 0. The zero-order chi connectivity index (χ0) is 21.5. The predicted octanol–water partition coefficient (Wildman–Crippen LogP) is 3.69. The molecule has 2 amide bonds. The Morgan fingerprint density at radius 1 is 0.933 bits per heavy atom. The quantitative estimate of drug-likeness (QED) is 0.662. The molecule has 6 nitrogen and oxygen atoms in total. The minimum absolute atomic E-state index is 0.0119. The van der Waals surface area contributed by atoms with Crippen LogP contribution in [0.15, 0.2) is 66.7 Å². The smallest absolute Gasteiger partial charge is 0.270 e. The van der Waals surface area contributed by atoms with Crippen molar-refractivity contribution in [3.8, 4) is 17.2 Å². The third-order valence-electron chi connectivity index (χ3n) is 4.37. The van der Waals surface area contributed by atoms with Gasteiger partial charge in [-0.15, -0.1) is 0 Å². The molecule has 6 heteroatoms. The Kier molecular flexibility index (Phi) is 6.56. The first-order valence-corrected chi connectivity index (χ1v) is 9.62. The van der Waals surface area contributed by atoms with Gasteiger partial charge in [-0.05, 0) is 54.8 Å². The number of nitrogens with one attached hydrogen (secondary N) is 2. The van der Waals surface area contributed by atoms with Crippen molar-refractivity contribution in [2.45, 2.75) is 26.4 Å². The van der Waals surface area contributed by atoms with Crippen molar-refractivity contribution in [1.29, 1.82) is 5.26 Å². The van der Waals surface area contributed by atoms with Crippen molar-refractivity contribution in [3.63, 3.8) is 0 Å². The molecule has 0 aliphatic carbocycles. The molecule has 0 aliphatic rings. The first-order valence-electron chi connectivity index (χ1n) is 9.62. The average molecular weight is 398 g/mol. The maximum absolute atomic E-state index is 12.4. The van der Waals surface area contributed by atoms with Crippen molar-refractivity contribution < 1.29 is 9.59 Å². The van der Waals surface area contributed by atoms with Crippen LogP contribution >= 0.6 is 0 Å². The van der Waals surface area contributed by atoms with E-state index in [1.807, 2.05) is 56.3 Å². The van der Waals surface area contributed by atoms with Gasteiger partial charge in [0, 0.05) is 12.6 Å². The fourth-order valence-corrected chi connectivity index (χ4v) is 2.88. The van der Waals surface area contributed by atoms with E-state index in [9.17, 15) is 9.59 Å². The van der Waals surface area contributed by atoms with Gasteiger partial charge in [0.25, 0.3) is 11.8 Å². The summed E-state index contributed by atoms with van der Waals surface area (Å²) in [7, 11) is 0. The summed E-state index contributed by atoms with van der Waals surface area (Å²) in [4.78, 5) is 28.7. The molecular weight excluding hydrogens is 376 g/mol. The number of pyridine rings is 1. The van der Waals surface area contributed by atoms with E-state index in [1.54, 1.807) is 24.3 Å². The minimum atomic E-state index is -0.347. The molecule has 0 unspecified atom stereocenters. The number of hydrogen-bond acceptors (Lipinski definition) is 4. The molecular formula is C24H22N4O2. The summed E-state index contributed by atoms with van der Waals surface area (Å²) in [6, 6.07) is 22.1. The van der Waals surface area contributed by atoms with Crippen LogP contribution in [-0.2, 0) is 6.54 Å². The summed E-state index contributed by atoms with van der Waals surface area (Å²) in [6.45, 7) is 4.06. The van der Waals surface area contributed by atoms with Gasteiger partial charge < -0.3 is 10.6 Å². The number of amides is 2. The van der Waals surface area contributed by atoms with Crippen LogP contribution in [0.3, 0.4) is 0 Å². The molecule has 1 aromatic heterocycles. The van der Waals surface area contributed by atoms with Gasteiger partial charge in [0.1, 0.15) is 11.4 Å². The fraction of sp³-hybridized carbons (Fsp3) is 0.167. The Hall–Kier alpha value is -3.98. The Balaban J connectivity index is 1.64. The maximum atomic E-state index is 12.4. The largest absolute Gasteiger partial charge is 0.349 e. The molecule has 1 heterocycles. The van der Waals surface area contributed by atoms with E-state index in [-0.39, 0.29) is 29.2 Å². The topological polar surface area (TPSA) is 94.9 Å². The summed E-state index contributed by atoms with van der Waals surface area (Å²) in [5.41, 5.74) is 3.90. The highest BCUT2D eigenvalue weighted by molar-refractivity contribution is 5.96.